The summed E-state index contributed by atoms with van der Waals surface area (Å²) in [5, 5.41) is 0. The zero-order valence-electron chi connectivity index (χ0n) is 7.60. The van der Waals surface area contributed by atoms with Crippen molar-refractivity contribution in [2.45, 2.75) is 39.5 Å². The number of ketones is 1. The van der Waals surface area contributed by atoms with E-state index in [1.54, 1.807) is 0 Å². The molecule has 0 saturated carbocycles. The Kier molecular flexibility index (Phi) is 6.13. The Hall–Kier alpha value is -0.370. The molecule has 1 atom stereocenters. The van der Waals surface area contributed by atoms with Crippen LogP contribution in [0.1, 0.15) is 39.5 Å². The number of carbonyl (C=O) groups is 1. The minimum Gasteiger partial charge on any atom is -0.330 e. The van der Waals surface area contributed by atoms with Crippen LogP contribution in [-0.4, -0.2) is 12.3 Å². The van der Waals surface area contributed by atoms with Gasteiger partial charge in [-0.1, -0.05) is 20.3 Å². The fourth-order valence-electron chi connectivity index (χ4n) is 1.29. The van der Waals surface area contributed by atoms with Crippen molar-refractivity contribution < 1.29 is 4.79 Å². The fourth-order valence-corrected chi connectivity index (χ4v) is 1.29. The largest absolute Gasteiger partial charge is 0.330 e. The molecule has 0 spiro atoms. The number of rotatable bonds is 6. The lowest BCUT2D eigenvalue weighted by Gasteiger charge is -2.10. The standard InChI is InChI=1S/C9H19NO/c1-3-5-8(4-2)9(11)6-7-10/h8H,3-7,10H2,1-2H3. The zero-order chi connectivity index (χ0) is 8.69. The van der Waals surface area contributed by atoms with E-state index >= 15 is 0 Å². The molecular weight excluding hydrogens is 138 g/mol. The molecule has 2 N–H and O–H groups in total. The maximum Gasteiger partial charge on any atom is 0.137 e. The minimum absolute atomic E-state index is 0.267. The molecule has 0 saturated heterocycles. The van der Waals surface area contributed by atoms with Crippen LogP contribution in [0.15, 0.2) is 0 Å². The highest BCUT2D eigenvalue weighted by Crippen LogP contribution is 2.12. The van der Waals surface area contributed by atoms with Crippen LogP contribution >= 0.6 is 0 Å². The van der Waals surface area contributed by atoms with Crippen molar-refractivity contribution in [3.05, 3.63) is 0 Å². The number of nitrogens with two attached hydrogens (primary N) is 1. The Bertz CT molecular complexity index is 112. The second-order valence-electron chi connectivity index (χ2n) is 2.90. The van der Waals surface area contributed by atoms with Gasteiger partial charge in [-0.2, -0.15) is 0 Å². The monoisotopic (exact) mass is 157 g/mol. The quantitative estimate of drug-likeness (QED) is 0.638. The zero-order valence-corrected chi connectivity index (χ0v) is 7.60. The molecule has 66 valence electrons. The van der Waals surface area contributed by atoms with E-state index in [1.165, 1.54) is 0 Å². The van der Waals surface area contributed by atoms with Gasteiger partial charge >= 0.3 is 0 Å². The van der Waals surface area contributed by atoms with Crippen LogP contribution in [0.4, 0.5) is 0 Å². The molecule has 0 heterocycles. The van der Waals surface area contributed by atoms with Gasteiger partial charge in [0, 0.05) is 12.3 Å². The lowest BCUT2D eigenvalue weighted by atomic mass is 9.94. The summed E-state index contributed by atoms with van der Waals surface area (Å²) < 4.78 is 0. The summed E-state index contributed by atoms with van der Waals surface area (Å²) >= 11 is 0. The fraction of sp³-hybridized carbons (Fsp3) is 0.889. The van der Waals surface area contributed by atoms with Crippen molar-refractivity contribution in [3.8, 4) is 0 Å². The Morgan fingerprint density at radius 2 is 2.09 bits per heavy atom. The van der Waals surface area contributed by atoms with Gasteiger partial charge in [-0.15, -0.1) is 0 Å². The van der Waals surface area contributed by atoms with Crippen LogP contribution in [0.3, 0.4) is 0 Å². The third kappa shape index (κ3) is 4.14. The molecular formula is C9H19NO. The molecule has 2 nitrogen and oxygen atoms in total. The molecule has 0 fully saturated rings. The topological polar surface area (TPSA) is 43.1 Å². The first-order valence-corrected chi connectivity index (χ1v) is 4.49. The van der Waals surface area contributed by atoms with Crippen LogP contribution < -0.4 is 5.73 Å². The summed E-state index contributed by atoms with van der Waals surface area (Å²) in [7, 11) is 0. The summed E-state index contributed by atoms with van der Waals surface area (Å²) in [6, 6.07) is 0. The summed E-state index contributed by atoms with van der Waals surface area (Å²) in [6.45, 7) is 4.67. The molecule has 0 aromatic heterocycles. The normalized spacial score (nSPS) is 13.0. The molecule has 0 radical (unpaired) electrons. The van der Waals surface area contributed by atoms with Crippen molar-refractivity contribution in [3.63, 3.8) is 0 Å². The van der Waals surface area contributed by atoms with Gasteiger partial charge in [0.05, 0.1) is 0 Å². The molecule has 11 heavy (non-hydrogen) atoms. The number of carbonyl (C=O) groups excluding carboxylic acids is 1. The lowest BCUT2D eigenvalue weighted by Crippen LogP contribution is -2.17. The molecule has 0 aromatic carbocycles. The first kappa shape index (κ1) is 10.6. The number of hydrogen-bond donors (Lipinski definition) is 1. The van der Waals surface area contributed by atoms with Gasteiger partial charge in [-0.3, -0.25) is 4.79 Å². The van der Waals surface area contributed by atoms with Crippen LogP contribution in [0.5, 0.6) is 0 Å². The maximum atomic E-state index is 11.3. The van der Waals surface area contributed by atoms with Gasteiger partial charge in [0.1, 0.15) is 5.78 Å². The third-order valence-electron chi connectivity index (χ3n) is 1.98. The number of Topliss-reactive ketones (excluding diaryl/α,β-unsaturated/α-hetero) is 1. The predicted octanol–water partition coefficient (Wildman–Crippen LogP) is 1.73. The van der Waals surface area contributed by atoms with E-state index in [2.05, 4.69) is 13.8 Å². The van der Waals surface area contributed by atoms with E-state index in [-0.39, 0.29) is 5.92 Å². The number of hydrogen-bond acceptors (Lipinski definition) is 2. The molecule has 0 aromatic rings. The van der Waals surface area contributed by atoms with Crippen molar-refractivity contribution in [2.75, 3.05) is 6.54 Å². The van der Waals surface area contributed by atoms with Gasteiger partial charge < -0.3 is 5.73 Å². The SMILES string of the molecule is CCCC(CC)C(=O)CCN. The summed E-state index contributed by atoms with van der Waals surface area (Å²) in [4.78, 5) is 11.3. The second kappa shape index (κ2) is 6.35. The Morgan fingerprint density at radius 1 is 1.45 bits per heavy atom. The highest BCUT2D eigenvalue weighted by atomic mass is 16.1. The molecule has 0 aliphatic heterocycles. The van der Waals surface area contributed by atoms with E-state index in [1.807, 2.05) is 0 Å². The van der Waals surface area contributed by atoms with Crippen molar-refractivity contribution >= 4 is 5.78 Å². The smallest absolute Gasteiger partial charge is 0.137 e. The first-order chi connectivity index (χ1) is 5.26. The van der Waals surface area contributed by atoms with E-state index < -0.39 is 0 Å². The second-order valence-corrected chi connectivity index (χ2v) is 2.90. The van der Waals surface area contributed by atoms with Crippen molar-refractivity contribution in [1.82, 2.24) is 0 Å². The summed E-state index contributed by atoms with van der Waals surface area (Å²) in [5.74, 6) is 0.611. The maximum absolute atomic E-state index is 11.3. The minimum atomic E-state index is 0.267. The van der Waals surface area contributed by atoms with E-state index in [0.717, 1.165) is 19.3 Å². The average Bonchev–Trinajstić information content (AvgIpc) is 2.00. The van der Waals surface area contributed by atoms with E-state index in [4.69, 9.17) is 5.73 Å². The Balaban J connectivity index is 3.71. The summed E-state index contributed by atoms with van der Waals surface area (Å²) in [5.41, 5.74) is 5.30. The van der Waals surface area contributed by atoms with Crippen LogP contribution in [-0.2, 0) is 4.79 Å². The molecule has 0 rings (SSSR count). The van der Waals surface area contributed by atoms with Crippen molar-refractivity contribution in [1.29, 1.82) is 0 Å². The van der Waals surface area contributed by atoms with Crippen LogP contribution in [0, 0.1) is 5.92 Å². The highest BCUT2D eigenvalue weighted by molar-refractivity contribution is 5.81. The average molecular weight is 157 g/mol. The Labute approximate surface area is 69.2 Å². The molecule has 0 amide bonds. The Morgan fingerprint density at radius 3 is 2.45 bits per heavy atom. The van der Waals surface area contributed by atoms with Gasteiger partial charge in [-0.25, -0.2) is 0 Å². The third-order valence-corrected chi connectivity index (χ3v) is 1.98. The highest BCUT2D eigenvalue weighted by Gasteiger charge is 2.13. The van der Waals surface area contributed by atoms with Crippen molar-refractivity contribution in [2.24, 2.45) is 11.7 Å². The van der Waals surface area contributed by atoms with E-state index in [9.17, 15) is 4.79 Å². The van der Waals surface area contributed by atoms with Gasteiger partial charge in [0.15, 0.2) is 0 Å². The first-order valence-electron chi connectivity index (χ1n) is 4.49. The molecule has 0 bridgehead atoms. The van der Waals surface area contributed by atoms with Gasteiger partial charge in [0.25, 0.3) is 0 Å². The predicted molar refractivity (Wildman–Crippen MR) is 47.4 cm³/mol. The molecule has 2 heteroatoms. The molecule has 1 unspecified atom stereocenters. The molecule has 0 aliphatic carbocycles. The van der Waals surface area contributed by atoms with Gasteiger partial charge in [-0.05, 0) is 19.4 Å². The van der Waals surface area contributed by atoms with E-state index in [0.29, 0.717) is 18.7 Å². The lowest BCUT2D eigenvalue weighted by molar-refractivity contribution is -0.123. The summed E-state index contributed by atoms with van der Waals surface area (Å²) in [6.07, 6.45) is 3.63. The molecule has 0 aliphatic rings. The van der Waals surface area contributed by atoms with Crippen LogP contribution in [0.25, 0.3) is 0 Å². The van der Waals surface area contributed by atoms with Crippen LogP contribution in [0.2, 0.25) is 0 Å². The van der Waals surface area contributed by atoms with Gasteiger partial charge in [0.2, 0.25) is 0 Å².